The van der Waals surface area contributed by atoms with Gasteiger partial charge in [-0.1, -0.05) is 22.0 Å². The number of benzene rings is 1. The average molecular weight is 315 g/mol. The molecule has 98 valence electrons. The lowest BCUT2D eigenvalue weighted by molar-refractivity contribution is -0.131. The van der Waals surface area contributed by atoms with E-state index in [-0.39, 0.29) is 11.7 Å². The zero-order valence-electron chi connectivity index (χ0n) is 10.2. The SMILES string of the molecule is C[C@@H]1CN(C(=O)Cc2ccc(F)cc2Br)CCN1. The number of amides is 1. The molecule has 2 rings (SSSR count). The second kappa shape index (κ2) is 5.80. The molecular weight excluding hydrogens is 299 g/mol. The van der Waals surface area contributed by atoms with Crippen molar-refractivity contribution in [2.45, 2.75) is 19.4 Å². The predicted molar refractivity (Wildman–Crippen MR) is 71.8 cm³/mol. The first-order valence-electron chi connectivity index (χ1n) is 6.01. The third-order valence-corrected chi connectivity index (χ3v) is 3.82. The zero-order valence-corrected chi connectivity index (χ0v) is 11.8. The molecule has 3 nitrogen and oxygen atoms in total. The number of hydrogen-bond donors (Lipinski definition) is 1. The van der Waals surface area contributed by atoms with E-state index in [2.05, 4.69) is 28.2 Å². The fourth-order valence-corrected chi connectivity index (χ4v) is 2.59. The summed E-state index contributed by atoms with van der Waals surface area (Å²) in [5.41, 5.74) is 0.826. The minimum Gasteiger partial charge on any atom is -0.340 e. The Hall–Kier alpha value is -0.940. The Kier molecular flexibility index (Phi) is 4.35. The van der Waals surface area contributed by atoms with Crippen LogP contribution in [0.15, 0.2) is 22.7 Å². The van der Waals surface area contributed by atoms with Gasteiger partial charge < -0.3 is 10.2 Å². The summed E-state index contributed by atoms with van der Waals surface area (Å²) in [5, 5.41) is 3.30. The Morgan fingerprint density at radius 3 is 3.06 bits per heavy atom. The Balaban J connectivity index is 2.02. The van der Waals surface area contributed by atoms with Gasteiger partial charge in [-0.2, -0.15) is 0 Å². The van der Waals surface area contributed by atoms with Gasteiger partial charge in [-0.15, -0.1) is 0 Å². The minimum atomic E-state index is -0.297. The third kappa shape index (κ3) is 3.29. The lowest BCUT2D eigenvalue weighted by Crippen LogP contribution is -2.51. The number of rotatable bonds is 2. The maximum absolute atomic E-state index is 13.0. The molecule has 0 unspecified atom stereocenters. The molecule has 1 aromatic carbocycles. The van der Waals surface area contributed by atoms with E-state index >= 15 is 0 Å². The minimum absolute atomic E-state index is 0.0932. The second-order valence-corrected chi connectivity index (χ2v) is 5.46. The largest absolute Gasteiger partial charge is 0.340 e. The molecule has 5 heteroatoms. The Labute approximate surface area is 114 Å². The molecule has 0 aliphatic carbocycles. The molecule has 1 N–H and O–H groups in total. The van der Waals surface area contributed by atoms with Crippen molar-refractivity contribution in [3.05, 3.63) is 34.1 Å². The van der Waals surface area contributed by atoms with Gasteiger partial charge in [0.15, 0.2) is 0 Å². The van der Waals surface area contributed by atoms with Gasteiger partial charge in [0.2, 0.25) is 5.91 Å². The molecule has 1 aromatic rings. The Morgan fingerprint density at radius 2 is 2.39 bits per heavy atom. The first-order chi connectivity index (χ1) is 8.56. The molecule has 0 spiro atoms. The summed E-state index contributed by atoms with van der Waals surface area (Å²) in [6.07, 6.45) is 0.313. The van der Waals surface area contributed by atoms with E-state index in [0.29, 0.717) is 16.9 Å². The van der Waals surface area contributed by atoms with Crippen molar-refractivity contribution >= 4 is 21.8 Å². The molecule has 0 saturated carbocycles. The van der Waals surface area contributed by atoms with Crippen LogP contribution in [0.5, 0.6) is 0 Å². The van der Waals surface area contributed by atoms with Crippen LogP contribution in [-0.2, 0) is 11.2 Å². The predicted octanol–water partition coefficient (Wildman–Crippen LogP) is 1.95. The van der Waals surface area contributed by atoms with Crippen LogP contribution in [0, 0.1) is 5.82 Å². The third-order valence-electron chi connectivity index (χ3n) is 3.08. The Bertz CT molecular complexity index is 453. The van der Waals surface area contributed by atoms with Crippen LogP contribution in [0.4, 0.5) is 4.39 Å². The van der Waals surface area contributed by atoms with Gasteiger partial charge in [-0.05, 0) is 24.6 Å². The quantitative estimate of drug-likeness (QED) is 0.905. The highest BCUT2D eigenvalue weighted by Crippen LogP contribution is 2.19. The van der Waals surface area contributed by atoms with E-state index in [1.165, 1.54) is 12.1 Å². The van der Waals surface area contributed by atoms with E-state index in [1.807, 2.05) is 4.90 Å². The lowest BCUT2D eigenvalue weighted by Gasteiger charge is -2.32. The van der Waals surface area contributed by atoms with Gasteiger partial charge >= 0.3 is 0 Å². The molecule has 1 fully saturated rings. The molecule has 18 heavy (non-hydrogen) atoms. The molecule has 1 aliphatic rings. The lowest BCUT2D eigenvalue weighted by atomic mass is 10.1. The smallest absolute Gasteiger partial charge is 0.227 e. The maximum Gasteiger partial charge on any atom is 0.227 e. The van der Waals surface area contributed by atoms with E-state index < -0.39 is 0 Å². The van der Waals surface area contributed by atoms with Gasteiger partial charge in [-0.3, -0.25) is 4.79 Å². The van der Waals surface area contributed by atoms with Crippen LogP contribution >= 0.6 is 15.9 Å². The van der Waals surface area contributed by atoms with Crippen molar-refractivity contribution in [2.24, 2.45) is 0 Å². The van der Waals surface area contributed by atoms with Crippen LogP contribution in [0.25, 0.3) is 0 Å². The molecule has 1 atom stereocenters. The van der Waals surface area contributed by atoms with Crippen LogP contribution in [-0.4, -0.2) is 36.5 Å². The zero-order chi connectivity index (χ0) is 13.1. The van der Waals surface area contributed by atoms with Gasteiger partial charge in [-0.25, -0.2) is 4.39 Å². The summed E-state index contributed by atoms with van der Waals surface area (Å²) >= 11 is 3.29. The van der Waals surface area contributed by atoms with E-state index in [9.17, 15) is 9.18 Å². The summed E-state index contributed by atoms with van der Waals surface area (Å²) in [6.45, 7) is 4.37. The molecule has 1 heterocycles. The molecule has 1 saturated heterocycles. The van der Waals surface area contributed by atoms with Crippen molar-refractivity contribution in [1.82, 2.24) is 10.2 Å². The molecule has 0 bridgehead atoms. The normalized spacial score (nSPS) is 19.9. The fraction of sp³-hybridized carbons (Fsp3) is 0.462. The van der Waals surface area contributed by atoms with Crippen molar-refractivity contribution in [2.75, 3.05) is 19.6 Å². The van der Waals surface area contributed by atoms with Crippen molar-refractivity contribution in [1.29, 1.82) is 0 Å². The fourth-order valence-electron chi connectivity index (χ4n) is 2.10. The van der Waals surface area contributed by atoms with Crippen molar-refractivity contribution in [3.63, 3.8) is 0 Å². The maximum atomic E-state index is 13.0. The number of nitrogens with zero attached hydrogens (tertiary/aromatic N) is 1. The first kappa shape index (κ1) is 13.5. The van der Waals surface area contributed by atoms with Crippen LogP contribution in [0.2, 0.25) is 0 Å². The number of carbonyl (C=O) groups excluding carboxylic acids is 1. The van der Waals surface area contributed by atoms with E-state index in [1.54, 1.807) is 6.07 Å². The highest BCUT2D eigenvalue weighted by atomic mass is 79.9. The van der Waals surface area contributed by atoms with Gasteiger partial charge in [0, 0.05) is 30.1 Å². The van der Waals surface area contributed by atoms with Gasteiger partial charge in [0.05, 0.1) is 6.42 Å². The summed E-state index contributed by atoms with van der Waals surface area (Å²) < 4.78 is 13.6. The molecule has 0 aromatic heterocycles. The summed E-state index contributed by atoms with van der Waals surface area (Å²) in [7, 11) is 0. The standard InChI is InChI=1S/C13H16BrFN2O/c1-9-8-17(5-4-16-9)13(18)6-10-2-3-11(15)7-12(10)14/h2-3,7,9,16H,4-6,8H2,1H3/t9-/m1/s1. The van der Waals surface area contributed by atoms with E-state index in [4.69, 9.17) is 0 Å². The number of hydrogen-bond acceptors (Lipinski definition) is 2. The Morgan fingerprint density at radius 1 is 1.61 bits per heavy atom. The molecule has 1 amide bonds. The van der Waals surface area contributed by atoms with Crippen molar-refractivity contribution in [3.8, 4) is 0 Å². The van der Waals surface area contributed by atoms with Crippen LogP contribution < -0.4 is 5.32 Å². The van der Waals surface area contributed by atoms with Crippen LogP contribution in [0.3, 0.4) is 0 Å². The van der Waals surface area contributed by atoms with Crippen LogP contribution in [0.1, 0.15) is 12.5 Å². The topological polar surface area (TPSA) is 32.3 Å². The summed E-state index contributed by atoms with van der Waals surface area (Å²) in [6, 6.07) is 4.76. The molecule has 0 radical (unpaired) electrons. The number of nitrogens with one attached hydrogen (secondary N) is 1. The number of carbonyl (C=O) groups is 1. The number of halogens is 2. The van der Waals surface area contributed by atoms with E-state index in [0.717, 1.165) is 25.2 Å². The van der Waals surface area contributed by atoms with Gasteiger partial charge in [0.25, 0.3) is 0 Å². The summed E-state index contributed by atoms with van der Waals surface area (Å²) in [4.78, 5) is 14.0. The highest BCUT2D eigenvalue weighted by molar-refractivity contribution is 9.10. The number of piperazine rings is 1. The highest BCUT2D eigenvalue weighted by Gasteiger charge is 2.21. The molecule has 1 aliphatic heterocycles. The molecular formula is C13H16BrFN2O. The van der Waals surface area contributed by atoms with Gasteiger partial charge in [0.1, 0.15) is 5.82 Å². The second-order valence-electron chi connectivity index (χ2n) is 4.61. The summed E-state index contributed by atoms with van der Waals surface area (Å²) in [5.74, 6) is -0.204. The van der Waals surface area contributed by atoms with Crippen molar-refractivity contribution < 1.29 is 9.18 Å². The average Bonchev–Trinajstić information content (AvgIpc) is 2.32. The first-order valence-corrected chi connectivity index (χ1v) is 6.80. The monoisotopic (exact) mass is 314 g/mol.